The second kappa shape index (κ2) is 10.8. The maximum absolute atomic E-state index is 12.3. The Bertz CT molecular complexity index is 701. The van der Waals surface area contributed by atoms with Crippen molar-refractivity contribution < 1.29 is 24.9 Å². The lowest BCUT2D eigenvalue weighted by atomic mass is 10.0. The van der Waals surface area contributed by atoms with E-state index >= 15 is 0 Å². The molecule has 7 nitrogen and oxygen atoms in total. The molecule has 0 aliphatic rings. The van der Waals surface area contributed by atoms with E-state index in [-0.39, 0.29) is 13.2 Å². The molecule has 0 spiro atoms. The third-order valence-electron chi connectivity index (χ3n) is 4.41. The lowest BCUT2D eigenvalue weighted by Crippen LogP contribution is -2.52. The van der Waals surface area contributed by atoms with Crippen LogP contribution in [0, 0.1) is 0 Å². The highest BCUT2D eigenvalue weighted by Gasteiger charge is 2.29. The molecule has 7 heteroatoms. The molecule has 1 amide bonds. The molecule has 0 aliphatic heterocycles. The van der Waals surface area contributed by atoms with Crippen molar-refractivity contribution in [3.05, 3.63) is 71.8 Å². The minimum atomic E-state index is -1.05. The number of aliphatic hydroxyl groups excluding tert-OH is 3. The van der Waals surface area contributed by atoms with Gasteiger partial charge in [-0.05, 0) is 25.0 Å². The quantitative estimate of drug-likeness (QED) is 0.490. The lowest BCUT2D eigenvalue weighted by Gasteiger charge is -2.34. The van der Waals surface area contributed by atoms with Gasteiger partial charge in [0, 0.05) is 6.54 Å². The van der Waals surface area contributed by atoms with E-state index in [1.807, 2.05) is 36.4 Å². The summed E-state index contributed by atoms with van der Waals surface area (Å²) in [6.45, 7) is 3.13. The first kappa shape index (κ1) is 21.8. The molecule has 0 bridgehead atoms. The molecule has 2 aromatic carbocycles. The van der Waals surface area contributed by atoms with Gasteiger partial charge in [-0.15, -0.1) is 0 Å². The number of hydrogen-bond donors (Lipinski definition) is 4. The summed E-state index contributed by atoms with van der Waals surface area (Å²) in [6, 6.07) is 17.3. The van der Waals surface area contributed by atoms with Crippen LogP contribution in [-0.2, 0) is 11.3 Å². The highest BCUT2D eigenvalue weighted by molar-refractivity contribution is 5.67. The molecule has 0 saturated heterocycles. The zero-order valence-corrected chi connectivity index (χ0v) is 16.1. The minimum Gasteiger partial charge on any atom is -0.445 e. The maximum Gasteiger partial charge on any atom is 0.407 e. The first-order valence-corrected chi connectivity index (χ1v) is 9.20. The summed E-state index contributed by atoms with van der Waals surface area (Å²) in [7, 11) is 0. The van der Waals surface area contributed by atoms with Gasteiger partial charge in [-0.25, -0.2) is 4.79 Å². The average molecular weight is 388 g/mol. The highest BCUT2D eigenvalue weighted by atomic mass is 16.5. The van der Waals surface area contributed by atoms with Crippen molar-refractivity contribution in [3.63, 3.8) is 0 Å². The number of nitrogens with one attached hydrogen (secondary N) is 1. The Morgan fingerprint density at radius 2 is 1.50 bits per heavy atom. The van der Waals surface area contributed by atoms with Crippen molar-refractivity contribution in [1.29, 1.82) is 0 Å². The molecule has 2 aromatic rings. The molecule has 0 aliphatic carbocycles. The van der Waals surface area contributed by atoms with Crippen molar-refractivity contribution in [1.82, 2.24) is 10.2 Å². The predicted molar refractivity (Wildman–Crippen MR) is 105 cm³/mol. The molecule has 0 radical (unpaired) electrons. The number of aliphatic hydroxyl groups is 3. The molecule has 0 saturated carbocycles. The van der Waals surface area contributed by atoms with Gasteiger partial charge in [0.15, 0.2) is 0 Å². The van der Waals surface area contributed by atoms with E-state index in [0.29, 0.717) is 5.56 Å². The van der Waals surface area contributed by atoms with Crippen LogP contribution in [0.5, 0.6) is 0 Å². The molecule has 2 unspecified atom stereocenters. The van der Waals surface area contributed by atoms with Gasteiger partial charge in [0.1, 0.15) is 25.2 Å². The van der Waals surface area contributed by atoms with Crippen LogP contribution in [0.2, 0.25) is 0 Å². The van der Waals surface area contributed by atoms with E-state index in [2.05, 4.69) is 5.32 Å². The monoisotopic (exact) mass is 388 g/mol. The minimum absolute atomic E-state index is 0.0197. The standard InChI is InChI=1S/C21H28N2O5/c1-15(24)23(16(2)25)13-19(20(26)18-11-7-4-8-12-18)22-21(27)28-14-17-9-5-3-6-10-17/h3-12,15-16,19-20,24-26H,13-14H2,1-2H3,(H,22,27)/t15?,16?,19-,20-/m0/s1. The Morgan fingerprint density at radius 1 is 0.964 bits per heavy atom. The number of benzene rings is 2. The van der Waals surface area contributed by atoms with Gasteiger partial charge in [-0.2, -0.15) is 0 Å². The van der Waals surface area contributed by atoms with E-state index in [1.54, 1.807) is 24.3 Å². The van der Waals surface area contributed by atoms with E-state index in [9.17, 15) is 20.1 Å². The van der Waals surface area contributed by atoms with Crippen LogP contribution < -0.4 is 5.32 Å². The Kier molecular flexibility index (Phi) is 8.41. The van der Waals surface area contributed by atoms with Crippen molar-refractivity contribution in [2.45, 2.75) is 45.1 Å². The Labute approximate surface area is 165 Å². The van der Waals surface area contributed by atoms with Crippen LogP contribution in [0.15, 0.2) is 60.7 Å². The molecule has 0 aromatic heterocycles. The zero-order chi connectivity index (χ0) is 20.5. The fraction of sp³-hybridized carbons (Fsp3) is 0.381. The predicted octanol–water partition coefficient (Wildman–Crippen LogP) is 1.99. The van der Waals surface area contributed by atoms with Crippen LogP contribution in [-0.4, -0.2) is 51.4 Å². The number of carbonyl (C=O) groups is 1. The molecule has 152 valence electrons. The van der Waals surface area contributed by atoms with E-state index in [4.69, 9.17) is 4.74 Å². The fourth-order valence-corrected chi connectivity index (χ4v) is 2.87. The van der Waals surface area contributed by atoms with Crippen molar-refractivity contribution in [2.75, 3.05) is 6.54 Å². The number of hydrogen-bond acceptors (Lipinski definition) is 6. The fourth-order valence-electron chi connectivity index (χ4n) is 2.87. The summed E-state index contributed by atoms with van der Waals surface area (Å²) in [5.74, 6) is 0. The van der Waals surface area contributed by atoms with Crippen LogP contribution in [0.1, 0.15) is 31.1 Å². The third kappa shape index (κ3) is 6.61. The smallest absolute Gasteiger partial charge is 0.407 e. The molecule has 2 rings (SSSR count). The van der Waals surface area contributed by atoms with Crippen LogP contribution in [0.3, 0.4) is 0 Å². The summed E-state index contributed by atoms with van der Waals surface area (Å²) in [5, 5.41) is 33.2. The van der Waals surface area contributed by atoms with Crippen LogP contribution in [0.4, 0.5) is 4.79 Å². The number of ether oxygens (including phenoxy) is 1. The van der Waals surface area contributed by atoms with Gasteiger partial charge < -0.3 is 25.4 Å². The Morgan fingerprint density at radius 3 is 2.04 bits per heavy atom. The van der Waals surface area contributed by atoms with Crippen molar-refractivity contribution in [3.8, 4) is 0 Å². The van der Waals surface area contributed by atoms with Crippen molar-refractivity contribution >= 4 is 6.09 Å². The molecule has 0 heterocycles. The van der Waals surface area contributed by atoms with Crippen LogP contribution in [0.25, 0.3) is 0 Å². The number of nitrogens with zero attached hydrogens (tertiary/aromatic N) is 1. The van der Waals surface area contributed by atoms with Gasteiger partial charge in [-0.1, -0.05) is 60.7 Å². The summed E-state index contributed by atoms with van der Waals surface area (Å²) in [5.41, 5.74) is 1.44. The zero-order valence-electron chi connectivity index (χ0n) is 16.1. The number of amides is 1. The second-order valence-electron chi connectivity index (χ2n) is 6.63. The molecule has 28 heavy (non-hydrogen) atoms. The van der Waals surface area contributed by atoms with E-state index < -0.39 is 30.7 Å². The number of rotatable bonds is 9. The molecular weight excluding hydrogens is 360 g/mol. The van der Waals surface area contributed by atoms with E-state index in [0.717, 1.165) is 5.56 Å². The first-order valence-electron chi connectivity index (χ1n) is 9.20. The topological polar surface area (TPSA) is 102 Å². The van der Waals surface area contributed by atoms with Gasteiger partial charge in [-0.3, -0.25) is 4.90 Å². The molecule has 4 atom stereocenters. The van der Waals surface area contributed by atoms with Gasteiger partial charge in [0.25, 0.3) is 0 Å². The van der Waals surface area contributed by atoms with E-state index in [1.165, 1.54) is 18.7 Å². The van der Waals surface area contributed by atoms with Crippen molar-refractivity contribution in [2.24, 2.45) is 0 Å². The molecule has 4 N–H and O–H groups in total. The SMILES string of the molecule is CC(O)N(C[C@H](NC(=O)OCc1ccccc1)[C@@H](O)c1ccccc1)C(C)O. The van der Waals surface area contributed by atoms with Crippen LogP contribution >= 0.6 is 0 Å². The van der Waals surface area contributed by atoms with Gasteiger partial charge >= 0.3 is 6.09 Å². The summed E-state index contributed by atoms with van der Waals surface area (Å²) in [4.78, 5) is 13.7. The third-order valence-corrected chi connectivity index (χ3v) is 4.41. The molecule has 0 fully saturated rings. The largest absolute Gasteiger partial charge is 0.445 e. The summed E-state index contributed by atoms with van der Waals surface area (Å²) < 4.78 is 5.24. The number of carbonyl (C=O) groups excluding carboxylic acids is 1. The number of alkyl carbamates (subject to hydrolysis) is 1. The summed E-state index contributed by atoms with van der Waals surface area (Å²) in [6.07, 6.45) is -3.68. The Hall–Kier alpha value is -2.45. The highest BCUT2D eigenvalue weighted by Crippen LogP contribution is 2.19. The first-order chi connectivity index (χ1) is 13.4. The Balaban J connectivity index is 2.09. The van der Waals surface area contributed by atoms with Gasteiger partial charge in [0.2, 0.25) is 0 Å². The summed E-state index contributed by atoms with van der Waals surface area (Å²) >= 11 is 0. The normalized spacial score (nSPS) is 15.5. The average Bonchev–Trinajstić information content (AvgIpc) is 2.69. The second-order valence-corrected chi connectivity index (χ2v) is 6.63. The lowest BCUT2D eigenvalue weighted by molar-refractivity contribution is -0.0940. The molecular formula is C21H28N2O5. The maximum atomic E-state index is 12.3. The van der Waals surface area contributed by atoms with Gasteiger partial charge in [0.05, 0.1) is 6.04 Å².